The van der Waals surface area contributed by atoms with Crippen molar-refractivity contribution >= 4 is 35.2 Å². The molecule has 1 aromatic carbocycles. The van der Waals surface area contributed by atoms with Crippen molar-refractivity contribution in [1.29, 1.82) is 0 Å². The van der Waals surface area contributed by atoms with Crippen LogP contribution in [0.25, 0.3) is 11.0 Å². The van der Waals surface area contributed by atoms with E-state index in [-0.39, 0.29) is 11.2 Å². The van der Waals surface area contributed by atoms with Gasteiger partial charge >= 0.3 is 7.12 Å². The second-order valence-corrected chi connectivity index (χ2v) is 7.83. The fourth-order valence-electron chi connectivity index (χ4n) is 2.82. The summed E-state index contributed by atoms with van der Waals surface area (Å²) in [5.41, 5.74) is 0.942. The summed E-state index contributed by atoms with van der Waals surface area (Å²) in [5.74, 6) is 1.66. The molecule has 1 saturated carbocycles. The van der Waals surface area contributed by atoms with Crippen molar-refractivity contribution in [2.75, 3.05) is 0 Å². The van der Waals surface area contributed by atoms with E-state index in [1.165, 1.54) is 12.8 Å². The van der Waals surface area contributed by atoms with Gasteiger partial charge in [-0.1, -0.05) is 11.6 Å². The Bertz CT molecular complexity index is 730. The second-order valence-electron chi connectivity index (χ2n) is 7.42. The van der Waals surface area contributed by atoms with Gasteiger partial charge in [0, 0.05) is 21.8 Å². The molecule has 0 spiro atoms. The molecule has 0 amide bonds. The van der Waals surface area contributed by atoms with Crippen molar-refractivity contribution in [2.24, 2.45) is 0 Å². The average Bonchev–Trinajstić information content (AvgIpc) is 3.12. The van der Waals surface area contributed by atoms with E-state index < -0.39 is 7.12 Å². The highest BCUT2D eigenvalue weighted by molar-refractivity contribution is 6.66. The van der Waals surface area contributed by atoms with Gasteiger partial charge in [-0.2, -0.15) is 0 Å². The summed E-state index contributed by atoms with van der Waals surface area (Å²) in [6.45, 7) is 8.16. The van der Waals surface area contributed by atoms with E-state index in [1.54, 1.807) is 0 Å². The van der Waals surface area contributed by atoms with Crippen molar-refractivity contribution < 1.29 is 13.7 Å². The Morgan fingerprint density at radius 1 is 1.05 bits per heavy atom. The minimum absolute atomic E-state index is 0.377. The molecule has 1 aliphatic carbocycles. The first-order valence-electron chi connectivity index (χ1n) is 7.85. The van der Waals surface area contributed by atoms with E-state index in [0.29, 0.717) is 10.9 Å². The van der Waals surface area contributed by atoms with E-state index >= 15 is 0 Å². The van der Waals surface area contributed by atoms with E-state index in [0.717, 1.165) is 22.2 Å². The first-order chi connectivity index (χ1) is 10.3. The maximum absolute atomic E-state index is 6.47. The zero-order valence-electron chi connectivity index (χ0n) is 13.4. The predicted molar refractivity (Wildman–Crippen MR) is 88.9 cm³/mol. The maximum Gasteiger partial charge on any atom is 0.496 e. The van der Waals surface area contributed by atoms with Crippen molar-refractivity contribution in [3.05, 3.63) is 29.0 Å². The molecule has 4 rings (SSSR count). The molecule has 0 radical (unpaired) electrons. The summed E-state index contributed by atoms with van der Waals surface area (Å²) >= 11 is 6.47. The van der Waals surface area contributed by atoms with Crippen LogP contribution in [0.1, 0.15) is 52.2 Å². The Morgan fingerprint density at radius 3 is 2.27 bits per heavy atom. The Hall–Kier alpha value is -0.965. The molecule has 3 nitrogen and oxygen atoms in total. The van der Waals surface area contributed by atoms with Crippen LogP contribution in [0.4, 0.5) is 0 Å². The fourth-order valence-corrected chi connectivity index (χ4v) is 3.08. The quantitative estimate of drug-likeness (QED) is 0.775. The molecule has 2 heterocycles. The molecule has 116 valence electrons. The molecule has 5 heteroatoms. The lowest BCUT2D eigenvalue weighted by Gasteiger charge is -2.32. The van der Waals surface area contributed by atoms with E-state index in [4.69, 9.17) is 25.3 Å². The molecule has 22 heavy (non-hydrogen) atoms. The van der Waals surface area contributed by atoms with Crippen LogP contribution in [-0.2, 0) is 9.31 Å². The number of rotatable bonds is 2. The molecule has 0 N–H and O–H groups in total. The zero-order valence-corrected chi connectivity index (χ0v) is 14.2. The molecule has 2 fully saturated rings. The Balaban J connectivity index is 1.74. The van der Waals surface area contributed by atoms with Crippen molar-refractivity contribution in [3.8, 4) is 0 Å². The summed E-state index contributed by atoms with van der Waals surface area (Å²) in [7, 11) is -0.462. The topological polar surface area (TPSA) is 31.6 Å². The number of hydrogen-bond acceptors (Lipinski definition) is 3. The van der Waals surface area contributed by atoms with Crippen LogP contribution in [0.5, 0.6) is 0 Å². The lowest BCUT2D eigenvalue weighted by molar-refractivity contribution is 0.00578. The SMILES string of the molecule is CC1(C)OB(c2cc3oc(C4CC4)cc3cc2Cl)OC1(C)C. The van der Waals surface area contributed by atoms with E-state index in [2.05, 4.69) is 6.07 Å². The fraction of sp³-hybridized carbons (Fsp3) is 0.529. The van der Waals surface area contributed by atoms with Gasteiger partial charge < -0.3 is 13.7 Å². The largest absolute Gasteiger partial charge is 0.496 e. The first kappa shape index (κ1) is 14.6. The van der Waals surface area contributed by atoms with Gasteiger partial charge in [0.15, 0.2) is 0 Å². The first-order valence-corrected chi connectivity index (χ1v) is 8.23. The van der Waals surface area contributed by atoms with Gasteiger partial charge in [0.05, 0.1) is 11.2 Å². The van der Waals surface area contributed by atoms with Gasteiger partial charge in [-0.05, 0) is 58.7 Å². The monoisotopic (exact) mass is 318 g/mol. The summed E-state index contributed by atoms with van der Waals surface area (Å²) in [6.07, 6.45) is 2.44. The highest BCUT2D eigenvalue weighted by atomic mass is 35.5. The molecular formula is C17H20BClO3. The highest BCUT2D eigenvalue weighted by Crippen LogP contribution is 2.42. The lowest BCUT2D eigenvalue weighted by Crippen LogP contribution is -2.41. The summed E-state index contributed by atoms with van der Waals surface area (Å²) in [4.78, 5) is 0. The average molecular weight is 319 g/mol. The van der Waals surface area contributed by atoms with Gasteiger partial charge in [-0.3, -0.25) is 0 Å². The predicted octanol–water partition coefficient (Wildman–Crippen LogP) is 4.26. The normalized spacial score (nSPS) is 23.4. The summed E-state index contributed by atoms with van der Waals surface area (Å²) in [6, 6.07) is 6.02. The van der Waals surface area contributed by atoms with Crippen LogP contribution in [0.3, 0.4) is 0 Å². The third-order valence-corrected chi connectivity index (χ3v) is 5.47. The van der Waals surface area contributed by atoms with Gasteiger partial charge in [0.1, 0.15) is 11.3 Å². The van der Waals surface area contributed by atoms with E-state index in [1.807, 2.05) is 39.8 Å². The van der Waals surface area contributed by atoms with E-state index in [9.17, 15) is 0 Å². The van der Waals surface area contributed by atoms with Crippen molar-refractivity contribution in [2.45, 2.75) is 57.7 Å². The summed E-state index contributed by atoms with van der Waals surface area (Å²) in [5, 5.41) is 1.71. The van der Waals surface area contributed by atoms with Gasteiger partial charge in [-0.15, -0.1) is 0 Å². The Kier molecular flexibility index (Phi) is 3.01. The summed E-state index contributed by atoms with van der Waals surface area (Å²) < 4.78 is 18.2. The maximum atomic E-state index is 6.47. The molecule has 1 aliphatic heterocycles. The highest BCUT2D eigenvalue weighted by Gasteiger charge is 2.52. The van der Waals surface area contributed by atoms with Crippen LogP contribution in [-0.4, -0.2) is 18.3 Å². The number of benzene rings is 1. The molecule has 0 atom stereocenters. The van der Waals surface area contributed by atoms with Crippen LogP contribution < -0.4 is 5.46 Å². The smallest absolute Gasteiger partial charge is 0.461 e. The molecule has 2 aromatic rings. The molecule has 0 bridgehead atoms. The minimum Gasteiger partial charge on any atom is -0.461 e. The Labute approximate surface area is 136 Å². The minimum atomic E-state index is -0.462. The third kappa shape index (κ3) is 2.20. The lowest BCUT2D eigenvalue weighted by atomic mass is 9.79. The molecule has 1 aromatic heterocycles. The van der Waals surface area contributed by atoms with Crippen molar-refractivity contribution in [3.63, 3.8) is 0 Å². The van der Waals surface area contributed by atoms with Crippen LogP contribution in [0.2, 0.25) is 5.02 Å². The molecule has 2 aliphatic rings. The van der Waals surface area contributed by atoms with Gasteiger partial charge in [0.2, 0.25) is 0 Å². The van der Waals surface area contributed by atoms with Gasteiger partial charge in [0.25, 0.3) is 0 Å². The van der Waals surface area contributed by atoms with Gasteiger partial charge in [-0.25, -0.2) is 0 Å². The third-order valence-electron chi connectivity index (χ3n) is 5.14. The number of hydrogen-bond donors (Lipinski definition) is 0. The standard InChI is InChI=1S/C17H20BClO3/c1-16(2)17(3,4)22-18(21-16)12-9-15-11(7-13(12)19)8-14(20-15)10-5-6-10/h7-10H,5-6H2,1-4H3. The molecule has 0 unspecified atom stereocenters. The zero-order chi connectivity index (χ0) is 15.7. The number of furan rings is 1. The molecular weight excluding hydrogens is 298 g/mol. The van der Waals surface area contributed by atoms with Crippen LogP contribution in [0.15, 0.2) is 22.6 Å². The number of halogens is 1. The second kappa shape index (κ2) is 4.53. The van der Waals surface area contributed by atoms with Crippen molar-refractivity contribution in [1.82, 2.24) is 0 Å². The molecule has 1 saturated heterocycles. The number of fused-ring (bicyclic) bond motifs is 1. The Morgan fingerprint density at radius 2 is 1.68 bits per heavy atom. The van der Waals surface area contributed by atoms with Crippen LogP contribution >= 0.6 is 11.6 Å². The van der Waals surface area contributed by atoms with Crippen LogP contribution in [0, 0.1) is 0 Å².